The second kappa shape index (κ2) is 12.6. The van der Waals surface area contributed by atoms with Crippen molar-refractivity contribution in [1.82, 2.24) is 0 Å². The van der Waals surface area contributed by atoms with E-state index in [4.69, 9.17) is 0 Å². The molecule has 0 saturated carbocycles. The Labute approximate surface area is 359 Å². The highest BCUT2D eigenvalue weighted by atomic mass is 32.1. The summed E-state index contributed by atoms with van der Waals surface area (Å²) < 4.78 is 2.83. The Morgan fingerprint density at radius 1 is 0.576 bits per heavy atom. The number of hydrogen-bond acceptors (Lipinski definition) is 3. The summed E-state index contributed by atoms with van der Waals surface area (Å²) in [6, 6.07) is 36.8. The van der Waals surface area contributed by atoms with Crippen molar-refractivity contribution in [2.45, 2.75) is 149 Å². The fraction of sp³-hybridized carbons (Fsp3) is 0.418. The molecule has 302 valence electrons. The molecular formula is C55H63BN2S. The van der Waals surface area contributed by atoms with Crippen molar-refractivity contribution in [3.8, 4) is 0 Å². The minimum atomic E-state index is 0.0776. The summed E-state index contributed by atoms with van der Waals surface area (Å²) >= 11 is 2.02. The molecule has 59 heavy (non-hydrogen) atoms. The Morgan fingerprint density at radius 3 is 1.75 bits per heavy atom. The molecule has 6 aromatic rings. The maximum absolute atomic E-state index is 2.69. The van der Waals surface area contributed by atoms with Crippen LogP contribution in [0.5, 0.6) is 0 Å². The Hall–Kier alpha value is -4.28. The molecule has 0 radical (unpaired) electrons. The Morgan fingerprint density at radius 2 is 1.14 bits per heavy atom. The zero-order chi connectivity index (χ0) is 41.8. The molecular weight excluding hydrogens is 731 g/mol. The molecule has 10 rings (SSSR count). The lowest BCUT2D eigenvalue weighted by Gasteiger charge is -2.47. The summed E-state index contributed by atoms with van der Waals surface area (Å²) in [5, 5.41) is 1.37. The van der Waals surface area contributed by atoms with Crippen LogP contribution in [0.15, 0.2) is 91.0 Å². The van der Waals surface area contributed by atoms with Crippen LogP contribution in [0.1, 0.15) is 155 Å². The number of nitrogens with zero attached hydrogens (tertiary/aromatic N) is 2. The van der Waals surface area contributed by atoms with Crippen molar-refractivity contribution in [3.63, 3.8) is 0 Å². The normalized spacial score (nSPS) is 19.3. The van der Waals surface area contributed by atoms with E-state index in [9.17, 15) is 0 Å². The Balaban J connectivity index is 1.31. The lowest BCUT2D eigenvalue weighted by Crippen LogP contribution is -2.61. The average Bonchev–Trinajstić information content (AvgIpc) is 3.56. The van der Waals surface area contributed by atoms with E-state index < -0.39 is 0 Å². The predicted molar refractivity (Wildman–Crippen MR) is 259 cm³/mol. The quantitative estimate of drug-likeness (QED) is 0.164. The van der Waals surface area contributed by atoms with Crippen molar-refractivity contribution in [2.24, 2.45) is 0 Å². The summed E-state index contributed by atoms with van der Waals surface area (Å²) in [6.07, 6.45) is 4.80. The second-order valence-electron chi connectivity index (χ2n) is 22.6. The van der Waals surface area contributed by atoms with Gasteiger partial charge in [-0.3, -0.25) is 0 Å². The highest BCUT2D eigenvalue weighted by molar-refractivity contribution is 7.33. The predicted octanol–water partition coefficient (Wildman–Crippen LogP) is 14.1. The lowest BCUT2D eigenvalue weighted by molar-refractivity contribution is 0.332. The van der Waals surface area contributed by atoms with Crippen molar-refractivity contribution >= 4 is 78.0 Å². The van der Waals surface area contributed by atoms with E-state index in [1.807, 2.05) is 11.3 Å². The lowest BCUT2D eigenvalue weighted by atomic mass is 9.35. The zero-order valence-corrected chi connectivity index (χ0v) is 38.8. The Kier molecular flexibility index (Phi) is 8.33. The van der Waals surface area contributed by atoms with Crippen LogP contribution in [0.4, 0.5) is 34.1 Å². The van der Waals surface area contributed by atoms with Crippen LogP contribution < -0.4 is 25.5 Å². The number of fused-ring (bicyclic) bond motifs is 8. The fourth-order valence-electron chi connectivity index (χ4n) is 11.2. The monoisotopic (exact) mass is 794 g/mol. The van der Waals surface area contributed by atoms with Gasteiger partial charge in [-0.25, -0.2) is 0 Å². The van der Waals surface area contributed by atoms with Crippen LogP contribution in [-0.4, -0.2) is 6.71 Å². The van der Waals surface area contributed by atoms with Crippen LogP contribution in [0.2, 0.25) is 0 Å². The molecule has 3 heterocycles. The summed E-state index contributed by atoms with van der Waals surface area (Å²) in [6.45, 7) is 31.5. The number of anilines is 6. The Bertz CT molecular complexity index is 2700. The molecule has 2 aliphatic carbocycles. The smallest absolute Gasteiger partial charge is 0.264 e. The highest BCUT2D eigenvalue weighted by Gasteiger charge is 2.48. The number of thiophene rings is 1. The molecule has 2 nitrogen and oxygen atoms in total. The maximum Gasteiger partial charge on any atom is 0.264 e. The van der Waals surface area contributed by atoms with Gasteiger partial charge in [-0.2, -0.15) is 0 Å². The van der Waals surface area contributed by atoms with Crippen LogP contribution in [-0.2, 0) is 27.1 Å². The van der Waals surface area contributed by atoms with Gasteiger partial charge in [-0.15, -0.1) is 11.3 Å². The zero-order valence-electron chi connectivity index (χ0n) is 37.9. The number of rotatable bonds is 3. The highest BCUT2D eigenvalue weighted by Crippen LogP contribution is 2.53. The van der Waals surface area contributed by atoms with Crippen molar-refractivity contribution in [3.05, 3.63) is 124 Å². The van der Waals surface area contributed by atoms with Crippen LogP contribution in [0.3, 0.4) is 0 Å². The van der Waals surface area contributed by atoms with Gasteiger partial charge in [0, 0.05) is 43.3 Å². The molecule has 4 heteroatoms. The van der Waals surface area contributed by atoms with E-state index in [1.165, 1.54) is 119 Å². The van der Waals surface area contributed by atoms with E-state index in [0.717, 1.165) is 0 Å². The second-order valence-corrected chi connectivity index (χ2v) is 23.6. The van der Waals surface area contributed by atoms with Gasteiger partial charge in [-0.05, 0) is 158 Å². The van der Waals surface area contributed by atoms with Gasteiger partial charge in [0.15, 0.2) is 0 Å². The third-order valence-corrected chi connectivity index (χ3v) is 16.6. The van der Waals surface area contributed by atoms with Crippen LogP contribution >= 0.6 is 11.3 Å². The molecule has 4 aliphatic rings. The average molecular weight is 795 g/mol. The van der Waals surface area contributed by atoms with Crippen LogP contribution in [0.25, 0.3) is 10.1 Å². The maximum atomic E-state index is 2.69. The molecule has 1 aromatic heterocycles. The number of hydrogen-bond donors (Lipinski definition) is 0. The van der Waals surface area contributed by atoms with Crippen LogP contribution in [0, 0.1) is 0 Å². The first kappa shape index (κ1) is 38.9. The summed E-state index contributed by atoms with van der Waals surface area (Å²) in [7, 11) is 0. The van der Waals surface area contributed by atoms with Crippen molar-refractivity contribution in [2.75, 3.05) is 9.80 Å². The molecule has 0 atom stereocenters. The van der Waals surface area contributed by atoms with Gasteiger partial charge in [0.2, 0.25) is 0 Å². The molecule has 0 saturated heterocycles. The van der Waals surface area contributed by atoms with Gasteiger partial charge < -0.3 is 9.80 Å². The van der Waals surface area contributed by atoms with Gasteiger partial charge >= 0.3 is 0 Å². The van der Waals surface area contributed by atoms with E-state index >= 15 is 0 Å². The van der Waals surface area contributed by atoms with E-state index in [1.54, 1.807) is 0 Å². The first-order valence-electron chi connectivity index (χ1n) is 22.4. The molecule has 0 bridgehead atoms. The topological polar surface area (TPSA) is 6.48 Å². The van der Waals surface area contributed by atoms with Gasteiger partial charge in [0.1, 0.15) is 0 Å². The molecule has 0 unspecified atom stereocenters. The third-order valence-electron chi connectivity index (χ3n) is 15.3. The molecule has 2 aliphatic heterocycles. The minimum Gasteiger partial charge on any atom is -0.311 e. The first-order chi connectivity index (χ1) is 27.7. The molecule has 0 fully saturated rings. The first-order valence-corrected chi connectivity index (χ1v) is 23.2. The van der Waals surface area contributed by atoms with E-state index in [2.05, 4.69) is 191 Å². The largest absolute Gasteiger partial charge is 0.311 e. The van der Waals surface area contributed by atoms with E-state index in [-0.39, 0.29) is 33.8 Å². The van der Waals surface area contributed by atoms with Gasteiger partial charge in [0.05, 0.1) is 5.69 Å². The molecule has 5 aromatic carbocycles. The standard InChI is InChI=1S/C55H63BN2S/c1-33(2)34-17-24-47-38(29-34)49-50(59-47)56-43-31-41-42(55(12,13)28-27-54(41,10)11)32-46(43)57(37-22-23-39-40(30-37)53(8,9)26-25-52(39,6)7)44-15-14-16-45(48(44)56)58(49)36-20-18-35(19-21-36)51(3,4)5/h14-24,29-33H,25-28H2,1-13H3. The summed E-state index contributed by atoms with van der Waals surface area (Å²) in [4.78, 5) is 5.31. The van der Waals surface area contributed by atoms with E-state index in [0.29, 0.717) is 5.92 Å². The summed E-state index contributed by atoms with van der Waals surface area (Å²) in [5.74, 6) is 0.449. The minimum absolute atomic E-state index is 0.0776. The molecule has 0 N–H and O–H groups in total. The van der Waals surface area contributed by atoms with Gasteiger partial charge in [-0.1, -0.05) is 126 Å². The number of benzene rings is 5. The fourth-order valence-corrected chi connectivity index (χ4v) is 12.5. The molecule has 0 amide bonds. The van der Waals surface area contributed by atoms with Crippen molar-refractivity contribution in [1.29, 1.82) is 0 Å². The summed E-state index contributed by atoms with van der Waals surface area (Å²) in [5.41, 5.74) is 20.1. The third kappa shape index (κ3) is 5.78. The molecule has 0 spiro atoms. The van der Waals surface area contributed by atoms with Crippen molar-refractivity contribution < 1.29 is 0 Å². The SMILES string of the molecule is CC(C)c1ccc2sc3c(c2c1)N(c1ccc(C(C)(C)C)cc1)c1cccc2c1B3c1cc3c(cc1N2c1ccc2c(c1)C(C)(C)CCC2(C)C)C(C)(C)CCC3(C)C. The van der Waals surface area contributed by atoms with Gasteiger partial charge in [0.25, 0.3) is 6.71 Å².